The zero-order chi connectivity index (χ0) is 20.3. The van der Waals surface area contributed by atoms with E-state index < -0.39 is 5.60 Å². The van der Waals surface area contributed by atoms with Crippen molar-refractivity contribution in [2.24, 2.45) is 0 Å². The molecule has 154 valence electrons. The zero-order valence-corrected chi connectivity index (χ0v) is 17.2. The number of nitrogens with zero attached hydrogens (tertiary/aromatic N) is 2. The number of hydrogen-bond donors (Lipinski definition) is 1. The first-order chi connectivity index (χ1) is 13.3. The minimum atomic E-state index is -0.464. The van der Waals surface area contributed by atoms with Crippen LogP contribution >= 0.6 is 0 Å². The van der Waals surface area contributed by atoms with Crippen molar-refractivity contribution < 1.29 is 23.8 Å². The fourth-order valence-corrected chi connectivity index (χ4v) is 3.51. The molecular weight excluding hydrogens is 360 g/mol. The minimum absolute atomic E-state index is 0.150. The van der Waals surface area contributed by atoms with Crippen molar-refractivity contribution in [3.05, 3.63) is 24.0 Å². The molecule has 0 atom stereocenters. The van der Waals surface area contributed by atoms with Crippen LogP contribution in [0.25, 0.3) is 11.0 Å². The molecule has 1 amide bonds. The van der Waals surface area contributed by atoms with Crippen molar-refractivity contribution in [1.82, 2.24) is 9.80 Å². The molecule has 1 fully saturated rings. The van der Waals surface area contributed by atoms with E-state index >= 15 is 0 Å². The topological polar surface area (TPSA) is 75.4 Å². The van der Waals surface area contributed by atoms with Crippen LogP contribution in [0.2, 0.25) is 0 Å². The van der Waals surface area contributed by atoms with E-state index in [4.69, 9.17) is 13.9 Å². The van der Waals surface area contributed by atoms with Gasteiger partial charge in [-0.1, -0.05) is 0 Å². The van der Waals surface area contributed by atoms with Crippen LogP contribution in [0.15, 0.2) is 22.8 Å². The smallest absolute Gasteiger partial charge is 0.410 e. The zero-order valence-electron chi connectivity index (χ0n) is 17.2. The summed E-state index contributed by atoms with van der Waals surface area (Å²) >= 11 is 0. The van der Waals surface area contributed by atoms with Gasteiger partial charge in [-0.05, 0) is 52.3 Å². The maximum absolute atomic E-state index is 12.2. The summed E-state index contributed by atoms with van der Waals surface area (Å²) in [5, 5.41) is 10.6. The summed E-state index contributed by atoms with van der Waals surface area (Å²) in [4.78, 5) is 16.3. The third-order valence-corrected chi connectivity index (χ3v) is 4.93. The van der Waals surface area contributed by atoms with Crippen LogP contribution in [-0.4, -0.2) is 66.4 Å². The third-order valence-electron chi connectivity index (χ3n) is 4.93. The standard InChI is InChI=1S/C21H30N2O5/c1-21(2,3)28-20(25)23-12-10-22(11-13-23)9-5-6-16-18(26-4)8-7-15-17(24)14-27-19(15)16/h7-8,14,24H,5-6,9-13H2,1-4H3. The lowest BCUT2D eigenvalue weighted by molar-refractivity contribution is 0.0144. The molecule has 2 heterocycles. The van der Waals surface area contributed by atoms with E-state index in [1.165, 1.54) is 6.26 Å². The fraction of sp³-hybridized carbons (Fsp3) is 0.571. The van der Waals surface area contributed by atoms with Gasteiger partial charge in [0, 0.05) is 31.7 Å². The second kappa shape index (κ2) is 8.31. The fourth-order valence-electron chi connectivity index (χ4n) is 3.51. The molecule has 0 bridgehead atoms. The first-order valence-electron chi connectivity index (χ1n) is 9.75. The number of ether oxygens (including phenoxy) is 2. The number of hydrogen-bond acceptors (Lipinski definition) is 6. The van der Waals surface area contributed by atoms with Gasteiger partial charge in [0.1, 0.15) is 23.2 Å². The molecule has 0 unspecified atom stereocenters. The molecule has 0 spiro atoms. The van der Waals surface area contributed by atoms with Crippen LogP contribution in [-0.2, 0) is 11.2 Å². The first kappa shape index (κ1) is 20.3. The van der Waals surface area contributed by atoms with Crippen molar-refractivity contribution in [3.63, 3.8) is 0 Å². The lowest BCUT2D eigenvalue weighted by Gasteiger charge is -2.35. The SMILES string of the molecule is COc1ccc2c(O)coc2c1CCCN1CCN(C(=O)OC(C)(C)C)CC1. The Labute approximate surface area is 165 Å². The van der Waals surface area contributed by atoms with Crippen molar-refractivity contribution in [1.29, 1.82) is 0 Å². The van der Waals surface area contributed by atoms with Crippen LogP contribution in [0, 0.1) is 0 Å². The maximum Gasteiger partial charge on any atom is 0.410 e. The Kier molecular flexibility index (Phi) is 6.03. The highest BCUT2D eigenvalue weighted by Crippen LogP contribution is 2.35. The summed E-state index contributed by atoms with van der Waals surface area (Å²) in [6, 6.07) is 3.68. The van der Waals surface area contributed by atoms with Crippen molar-refractivity contribution in [3.8, 4) is 11.5 Å². The second-order valence-electron chi connectivity index (χ2n) is 8.16. The predicted octanol–water partition coefficient (Wildman–Crippen LogP) is 3.63. The molecular formula is C21H30N2O5. The highest BCUT2D eigenvalue weighted by atomic mass is 16.6. The number of benzene rings is 1. The Hall–Kier alpha value is -2.41. The Bertz CT molecular complexity index is 816. The Morgan fingerprint density at radius 1 is 1.21 bits per heavy atom. The number of rotatable bonds is 5. The number of carbonyl (C=O) groups excluding carboxylic acids is 1. The molecule has 1 aliphatic heterocycles. The maximum atomic E-state index is 12.2. The number of amides is 1. The second-order valence-corrected chi connectivity index (χ2v) is 8.16. The number of aromatic hydroxyl groups is 1. The summed E-state index contributed by atoms with van der Waals surface area (Å²) in [6.07, 6.45) is 2.85. The quantitative estimate of drug-likeness (QED) is 0.840. The summed E-state index contributed by atoms with van der Waals surface area (Å²) < 4.78 is 16.5. The van der Waals surface area contributed by atoms with Crippen molar-refractivity contribution >= 4 is 17.1 Å². The third kappa shape index (κ3) is 4.70. The number of fused-ring (bicyclic) bond motifs is 1. The van der Waals surface area contributed by atoms with Crippen molar-refractivity contribution in [2.75, 3.05) is 39.8 Å². The molecule has 0 radical (unpaired) electrons. The number of methoxy groups -OCH3 is 1. The monoisotopic (exact) mass is 390 g/mol. The van der Waals surface area contributed by atoms with Crippen LogP contribution in [0.5, 0.6) is 11.5 Å². The van der Waals surface area contributed by atoms with E-state index in [0.29, 0.717) is 24.1 Å². The minimum Gasteiger partial charge on any atom is -0.504 e. The van der Waals surface area contributed by atoms with Gasteiger partial charge in [0.15, 0.2) is 5.75 Å². The molecule has 7 nitrogen and oxygen atoms in total. The van der Waals surface area contributed by atoms with Gasteiger partial charge >= 0.3 is 6.09 Å². The van der Waals surface area contributed by atoms with Gasteiger partial charge in [-0.2, -0.15) is 0 Å². The highest BCUT2D eigenvalue weighted by Gasteiger charge is 2.25. The van der Waals surface area contributed by atoms with Gasteiger partial charge in [0.25, 0.3) is 0 Å². The first-order valence-corrected chi connectivity index (χ1v) is 9.75. The number of furan rings is 1. The molecule has 2 aromatic rings. The average Bonchev–Trinajstić information content (AvgIpc) is 3.02. The molecule has 7 heteroatoms. The van der Waals surface area contributed by atoms with Crippen molar-refractivity contribution in [2.45, 2.75) is 39.2 Å². The van der Waals surface area contributed by atoms with Gasteiger partial charge in [-0.3, -0.25) is 4.90 Å². The lowest BCUT2D eigenvalue weighted by atomic mass is 10.0. The predicted molar refractivity (Wildman–Crippen MR) is 107 cm³/mol. The average molecular weight is 390 g/mol. The van der Waals surface area contributed by atoms with Crippen LogP contribution in [0.3, 0.4) is 0 Å². The number of aryl methyl sites for hydroxylation is 1. The molecule has 0 saturated carbocycles. The largest absolute Gasteiger partial charge is 0.504 e. The summed E-state index contributed by atoms with van der Waals surface area (Å²) in [7, 11) is 1.64. The number of carbonyl (C=O) groups is 1. The summed E-state index contributed by atoms with van der Waals surface area (Å²) in [5.41, 5.74) is 1.20. The Balaban J connectivity index is 1.52. The lowest BCUT2D eigenvalue weighted by Crippen LogP contribution is -2.50. The summed E-state index contributed by atoms with van der Waals surface area (Å²) in [6.45, 7) is 9.61. The van der Waals surface area contributed by atoms with E-state index in [9.17, 15) is 9.90 Å². The van der Waals surface area contributed by atoms with Gasteiger partial charge in [-0.25, -0.2) is 4.79 Å². The van der Waals surface area contributed by atoms with E-state index in [1.54, 1.807) is 12.0 Å². The molecule has 28 heavy (non-hydrogen) atoms. The Morgan fingerprint density at radius 3 is 2.57 bits per heavy atom. The van der Waals surface area contributed by atoms with Gasteiger partial charge in [0.2, 0.25) is 0 Å². The van der Waals surface area contributed by atoms with E-state index in [1.807, 2.05) is 32.9 Å². The van der Waals surface area contributed by atoms with Crippen LogP contribution in [0.1, 0.15) is 32.8 Å². The van der Waals surface area contributed by atoms with E-state index in [2.05, 4.69) is 4.90 Å². The van der Waals surface area contributed by atoms with Crippen LogP contribution in [0.4, 0.5) is 4.79 Å². The molecule has 1 aliphatic rings. The Morgan fingerprint density at radius 2 is 1.93 bits per heavy atom. The molecule has 0 aliphatic carbocycles. The molecule has 1 saturated heterocycles. The normalized spacial score (nSPS) is 15.8. The highest BCUT2D eigenvalue weighted by molar-refractivity contribution is 5.88. The van der Waals surface area contributed by atoms with Gasteiger partial charge < -0.3 is 23.9 Å². The molecule has 3 rings (SSSR count). The van der Waals surface area contributed by atoms with Crippen LogP contribution < -0.4 is 4.74 Å². The molecule has 1 N–H and O–H groups in total. The van der Waals surface area contributed by atoms with Gasteiger partial charge in [0.05, 0.1) is 12.5 Å². The molecule has 1 aromatic heterocycles. The summed E-state index contributed by atoms with van der Waals surface area (Å²) in [5.74, 6) is 0.925. The van der Waals surface area contributed by atoms with E-state index in [0.717, 1.165) is 43.8 Å². The number of piperazine rings is 1. The van der Waals surface area contributed by atoms with E-state index in [-0.39, 0.29) is 11.8 Å². The molecule has 1 aromatic carbocycles. The van der Waals surface area contributed by atoms with Gasteiger partial charge in [-0.15, -0.1) is 0 Å².